The highest BCUT2D eigenvalue weighted by Gasteiger charge is 2.16. The summed E-state index contributed by atoms with van der Waals surface area (Å²) < 4.78 is 6.66. The predicted octanol–water partition coefficient (Wildman–Crippen LogP) is 2.23. The molecule has 0 atom stereocenters. The van der Waals surface area contributed by atoms with Crippen molar-refractivity contribution >= 4 is 23.1 Å². The monoisotopic (exact) mass is 252 g/mol. The lowest BCUT2D eigenvalue weighted by Gasteiger charge is -2.00. The molecule has 0 amide bonds. The van der Waals surface area contributed by atoms with Gasteiger partial charge in [-0.15, -0.1) is 0 Å². The number of carbonyl (C=O) groups excluding carboxylic acids is 1. The smallest absolute Gasteiger partial charge is 0.341 e. The van der Waals surface area contributed by atoms with Crippen LogP contribution in [0.3, 0.4) is 0 Å². The van der Waals surface area contributed by atoms with Gasteiger partial charge in [0.25, 0.3) is 0 Å². The Balaban J connectivity index is 2.52. The minimum atomic E-state index is -0.407. The van der Waals surface area contributed by atoms with Gasteiger partial charge in [0.2, 0.25) is 0 Å². The van der Waals surface area contributed by atoms with Crippen LogP contribution in [0.5, 0.6) is 0 Å². The molecule has 0 aromatic carbocycles. The van der Waals surface area contributed by atoms with E-state index in [4.69, 9.17) is 22.1 Å². The molecule has 0 saturated heterocycles. The fourth-order valence-electron chi connectivity index (χ4n) is 1.67. The molecule has 2 heterocycles. The third kappa shape index (κ3) is 2.14. The van der Waals surface area contributed by atoms with Crippen molar-refractivity contribution in [2.45, 2.75) is 13.5 Å². The van der Waals surface area contributed by atoms with Gasteiger partial charge in [-0.25, -0.2) is 4.79 Å². The van der Waals surface area contributed by atoms with Crippen LogP contribution in [0.2, 0.25) is 5.15 Å². The molecule has 90 valence electrons. The lowest BCUT2D eigenvalue weighted by Crippen LogP contribution is -2.03. The van der Waals surface area contributed by atoms with Crippen molar-refractivity contribution in [3.05, 3.63) is 40.7 Å². The topological polar surface area (TPSA) is 56.7 Å². The fourth-order valence-corrected chi connectivity index (χ4v) is 1.96. The van der Waals surface area contributed by atoms with Crippen LogP contribution in [-0.2, 0) is 11.3 Å². The Labute approximate surface area is 104 Å². The number of nitrogens with zero attached hydrogens (tertiary/aromatic N) is 1. The SMILES string of the molecule is CCOC(=O)c1cc2cc(CN)ccn2c1Cl. The van der Waals surface area contributed by atoms with Gasteiger partial charge in [0.05, 0.1) is 12.2 Å². The minimum absolute atomic E-state index is 0.329. The molecule has 0 radical (unpaired) electrons. The molecular weight excluding hydrogens is 240 g/mol. The predicted molar refractivity (Wildman–Crippen MR) is 66.3 cm³/mol. The molecule has 0 aliphatic heterocycles. The first-order chi connectivity index (χ1) is 8.17. The molecule has 0 saturated carbocycles. The van der Waals surface area contributed by atoms with Crippen LogP contribution in [0.1, 0.15) is 22.8 Å². The van der Waals surface area contributed by atoms with Crippen LogP contribution in [-0.4, -0.2) is 17.0 Å². The summed E-state index contributed by atoms with van der Waals surface area (Å²) in [5.41, 5.74) is 7.76. The van der Waals surface area contributed by atoms with Gasteiger partial charge in [0.15, 0.2) is 0 Å². The third-order valence-corrected chi connectivity index (χ3v) is 2.89. The summed E-state index contributed by atoms with van der Waals surface area (Å²) >= 11 is 6.11. The highest BCUT2D eigenvalue weighted by Crippen LogP contribution is 2.23. The maximum Gasteiger partial charge on any atom is 0.341 e. The zero-order valence-electron chi connectivity index (χ0n) is 9.44. The van der Waals surface area contributed by atoms with Gasteiger partial charge in [0.1, 0.15) is 5.15 Å². The van der Waals surface area contributed by atoms with Gasteiger partial charge < -0.3 is 14.9 Å². The number of nitrogens with two attached hydrogens (primary N) is 1. The average Bonchev–Trinajstić information content (AvgIpc) is 2.66. The zero-order valence-corrected chi connectivity index (χ0v) is 10.2. The normalized spacial score (nSPS) is 10.8. The summed E-state index contributed by atoms with van der Waals surface area (Å²) in [6.45, 7) is 2.54. The van der Waals surface area contributed by atoms with Gasteiger partial charge in [-0.2, -0.15) is 0 Å². The molecule has 17 heavy (non-hydrogen) atoms. The lowest BCUT2D eigenvalue weighted by atomic mass is 10.2. The lowest BCUT2D eigenvalue weighted by molar-refractivity contribution is 0.0527. The molecule has 0 unspecified atom stereocenters. The van der Waals surface area contributed by atoms with E-state index in [0.29, 0.717) is 23.9 Å². The summed E-state index contributed by atoms with van der Waals surface area (Å²) in [5.74, 6) is -0.407. The van der Waals surface area contributed by atoms with Crippen molar-refractivity contribution in [3.63, 3.8) is 0 Å². The maximum absolute atomic E-state index is 11.6. The second-order valence-corrected chi connectivity index (χ2v) is 3.96. The van der Waals surface area contributed by atoms with Crippen molar-refractivity contribution in [3.8, 4) is 0 Å². The van der Waals surface area contributed by atoms with Gasteiger partial charge in [-0.05, 0) is 30.7 Å². The molecular formula is C12H13ClN2O2. The number of hydrogen-bond acceptors (Lipinski definition) is 3. The summed E-state index contributed by atoms with van der Waals surface area (Å²) in [4.78, 5) is 11.6. The molecule has 2 aromatic heterocycles. The van der Waals surface area contributed by atoms with Gasteiger partial charge in [-0.3, -0.25) is 0 Å². The number of aromatic nitrogens is 1. The number of hydrogen-bond donors (Lipinski definition) is 1. The summed E-state index contributed by atoms with van der Waals surface area (Å²) in [7, 11) is 0. The van der Waals surface area contributed by atoms with E-state index in [1.165, 1.54) is 0 Å². The molecule has 0 fully saturated rings. The van der Waals surface area contributed by atoms with E-state index in [-0.39, 0.29) is 0 Å². The Hall–Kier alpha value is -1.52. The van der Waals surface area contributed by atoms with E-state index < -0.39 is 5.97 Å². The van der Waals surface area contributed by atoms with Gasteiger partial charge >= 0.3 is 5.97 Å². The highest BCUT2D eigenvalue weighted by molar-refractivity contribution is 6.33. The Morgan fingerprint density at radius 3 is 2.94 bits per heavy atom. The number of ether oxygens (including phenoxy) is 1. The zero-order chi connectivity index (χ0) is 12.4. The molecule has 2 N–H and O–H groups in total. The molecule has 2 rings (SSSR count). The number of fused-ring (bicyclic) bond motifs is 1. The Kier molecular flexibility index (Phi) is 3.36. The van der Waals surface area contributed by atoms with Gasteiger partial charge in [-0.1, -0.05) is 11.6 Å². The van der Waals surface area contributed by atoms with Crippen LogP contribution >= 0.6 is 11.6 Å². The van der Waals surface area contributed by atoms with Crippen molar-refractivity contribution in [1.82, 2.24) is 4.40 Å². The highest BCUT2D eigenvalue weighted by atomic mass is 35.5. The quantitative estimate of drug-likeness (QED) is 0.853. The number of halogens is 1. The number of pyridine rings is 1. The molecule has 4 nitrogen and oxygen atoms in total. The van der Waals surface area contributed by atoms with Crippen LogP contribution < -0.4 is 5.73 Å². The maximum atomic E-state index is 11.6. The molecule has 0 spiro atoms. The van der Waals surface area contributed by atoms with Crippen molar-refractivity contribution in [2.75, 3.05) is 6.61 Å². The Morgan fingerprint density at radius 1 is 1.53 bits per heavy atom. The number of carbonyl (C=O) groups is 1. The van der Waals surface area contributed by atoms with Crippen molar-refractivity contribution < 1.29 is 9.53 Å². The first kappa shape index (κ1) is 12.0. The molecule has 5 heteroatoms. The Bertz CT molecular complexity index is 563. The largest absolute Gasteiger partial charge is 0.462 e. The average molecular weight is 253 g/mol. The van der Waals surface area contributed by atoms with Crippen LogP contribution in [0.15, 0.2) is 24.4 Å². The molecule has 2 aromatic rings. The van der Waals surface area contributed by atoms with E-state index in [9.17, 15) is 4.79 Å². The first-order valence-electron chi connectivity index (χ1n) is 5.34. The van der Waals surface area contributed by atoms with E-state index >= 15 is 0 Å². The van der Waals surface area contributed by atoms with E-state index in [0.717, 1.165) is 11.1 Å². The fraction of sp³-hybridized carbons (Fsp3) is 0.250. The van der Waals surface area contributed by atoms with Gasteiger partial charge in [0, 0.05) is 18.3 Å². The van der Waals surface area contributed by atoms with Crippen molar-refractivity contribution in [2.24, 2.45) is 5.73 Å². The van der Waals surface area contributed by atoms with E-state index in [1.54, 1.807) is 23.6 Å². The molecule has 0 aliphatic rings. The van der Waals surface area contributed by atoms with Crippen molar-refractivity contribution in [1.29, 1.82) is 0 Å². The first-order valence-corrected chi connectivity index (χ1v) is 5.71. The van der Waals surface area contributed by atoms with Crippen LogP contribution in [0.4, 0.5) is 0 Å². The number of rotatable bonds is 3. The standard InChI is InChI=1S/C12H13ClN2O2/c1-2-17-12(16)10-6-9-5-8(7-14)3-4-15(9)11(10)13/h3-6H,2,7,14H2,1H3. The van der Waals surface area contributed by atoms with E-state index in [1.807, 2.05) is 12.1 Å². The molecule has 0 bridgehead atoms. The molecule has 0 aliphatic carbocycles. The Morgan fingerprint density at radius 2 is 2.29 bits per heavy atom. The summed E-state index contributed by atoms with van der Waals surface area (Å²) in [6, 6.07) is 5.47. The summed E-state index contributed by atoms with van der Waals surface area (Å²) in [6.07, 6.45) is 1.79. The minimum Gasteiger partial charge on any atom is -0.462 e. The van der Waals surface area contributed by atoms with Crippen LogP contribution in [0, 0.1) is 0 Å². The second kappa shape index (κ2) is 4.77. The summed E-state index contributed by atoms with van der Waals surface area (Å²) in [5, 5.41) is 0.363. The second-order valence-electron chi connectivity index (χ2n) is 3.60. The van der Waals surface area contributed by atoms with Crippen LogP contribution in [0.25, 0.3) is 5.52 Å². The number of esters is 1. The third-order valence-electron chi connectivity index (χ3n) is 2.51. The van der Waals surface area contributed by atoms with E-state index in [2.05, 4.69) is 0 Å².